The molecule has 3 rings (SSSR count). The van der Waals surface area contributed by atoms with E-state index >= 15 is 0 Å². The molecule has 1 aliphatic rings. The molecule has 0 aromatic heterocycles. The van der Waals surface area contributed by atoms with Gasteiger partial charge in [-0.05, 0) is 42.0 Å². The molecule has 4 nitrogen and oxygen atoms in total. The van der Waals surface area contributed by atoms with E-state index in [4.69, 9.17) is 28.6 Å². The van der Waals surface area contributed by atoms with Crippen molar-refractivity contribution in [2.45, 2.75) is 0 Å². The molecule has 2 aromatic carbocycles. The predicted octanol–water partition coefficient (Wildman–Crippen LogP) is 4.05. The van der Waals surface area contributed by atoms with Crippen molar-refractivity contribution in [2.75, 3.05) is 0 Å². The number of ether oxygens (including phenoxy) is 1. The first-order valence-electron chi connectivity index (χ1n) is 6.84. The Labute approximate surface area is 152 Å². The van der Waals surface area contributed by atoms with Crippen molar-refractivity contribution in [1.29, 1.82) is 0 Å². The number of benzene rings is 2. The summed E-state index contributed by atoms with van der Waals surface area (Å²) < 4.78 is 5.74. The lowest BCUT2D eigenvalue weighted by atomic mass is 10.2. The summed E-state index contributed by atoms with van der Waals surface area (Å²) in [5, 5.41) is 3.02. The standard InChI is InChI=1S/C17H10ClNO3S2/c18-12-3-1-2-11(9-12)16(21)22-13-6-4-10(5-7-13)8-14-15(20)19-17(23)24-14/h1-9H,(H,19,20,23)/b14-8-. The molecular weight excluding hydrogens is 366 g/mol. The largest absolute Gasteiger partial charge is 0.423 e. The minimum atomic E-state index is -0.486. The molecule has 0 aliphatic carbocycles. The Balaban J connectivity index is 1.71. The summed E-state index contributed by atoms with van der Waals surface area (Å²) in [6.07, 6.45) is 1.72. The third-order valence-corrected chi connectivity index (χ3v) is 4.49. The number of carbonyl (C=O) groups is 2. The highest BCUT2D eigenvalue weighted by atomic mass is 35.5. The average Bonchev–Trinajstić information content (AvgIpc) is 2.87. The minimum absolute atomic E-state index is 0.207. The van der Waals surface area contributed by atoms with Crippen LogP contribution in [0.5, 0.6) is 5.75 Å². The summed E-state index contributed by atoms with van der Waals surface area (Å²) >= 11 is 12.0. The topological polar surface area (TPSA) is 55.4 Å². The summed E-state index contributed by atoms with van der Waals surface area (Å²) in [6.45, 7) is 0. The molecule has 0 bridgehead atoms. The highest BCUT2D eigenvalue weighted by Gasteiger charge is 2.21. The molecule has 1 aliphatic heterocycles. The van der Waals surface area contributed by atoms with E-state index in [0.717, 1.165) is 5.56 Å². The fourth-order valence-electron chi connectivity index (χ4n) is 1.99. The number of rotatable bonds is 3. The molecule has 1 N–H and O–H groups in total. The van der Waals surface area contributed by atoms with Crippen molar-refractivity contribution in [1.82, 2.24) is 5.32 Å². The second-order valence-electron chi connectivity index (χ2n) is 4.82. The van der Waals surface area contributed by atoms with Gasteiger partial charge >= 0.3 is 5.97 Å². The molecule has 0 radical (unpaired) electrons. The molecular formula is C17H10ClNO3S2. The van der Waals surface area contributed by atoms with Crippen molar-refractivity contribution < 1.29 is 14.3 Å². The summed E-state index contributed by atoms with van der Waals surface area (Å²) in [4.78, 5) is 24.2. The summed E-state index contributed by atoms with van der Waals surface area (Å²) in [5.74, 6) is -0.290. The summed E-state index contributed by atoms with van der Waals surface area (Å²) in [5.41, 5.74) is 1.18. The maximum absolute atomic E-state index is 12.0. The van der Waals surface area contributed by atoms with Gasteiger partial charge in [0.1, 0.15) is 10.1 Å². The third-order valence-electron chi connectivity index (χ3n) is 3.09. The Morgan fingerprint density at radius 3 is 2.58 bits per heavy atom. The maximum Gasteiger partial charge on any atom is 0.343 e. The quantitative estimate of drug-likeness (QED) is 0.379. The number of carbonyl (C=O) groups excluding carboxylic acids is 2. The van der Waals surface area contributed by atoms with E-state index in [1.54, 1.807) is 54.6 Å². The molecule has 1 heterocycles. The van der Waals surface area contributed by atoms with E-state index in [-0.39, 0.29) is 5.91 Å². The Morgan fingerprint density at radius 2 is 1.96 bits per heavy atom. The highest BCUT2D eigenvalue weighted by Crippen LogP contribution is 2.26. The smallest absolute Gasteiger partial charge is 0.343 e. The van der Waals surface area contributed by atoms with Crippen LogP contribution in [0.3, 0.4) is 0 Å². The summed E-state index contributed by atoms with van der Waals surface area (Å²) in [6, 6.07) is 13.4. The van der Waals surface area contributed by atoms with Gasteiger partial charge in [0.2, 0.25) is 0 Å². The normalized spacial score (nSPS) is 15.5. The first-order valence-corrected chi connectivity index (χ1v) is 8.44. The fraction of sp³-hybridized carbons (Fsp3) is 0. The van der Waals surface area contributed by atoms with Crippen LogP contribution >= 0.6 is 35.6 Å². The van der Waals surface area contributed by atoms with Gasteiger partial charge in [-0.15, -0.1) is 0 Å². The van der Waals surface area contributed by atoms with Gasteiger partial charge in [-0.2, -0.15) is 0 Å². The number of hydrogen-bond acceptors (Lipinski definition) is 5. The lowest BCUT2D eigenvalue weighted by molar-refractivity contribution is -0.115. The molecule has 1 saturated heterocycles. The van der Waals surface area contributed by atoms with E-state index in [1.807, 2.05) is 0 Å². The van der Waals surface area contributed by atoms with Gasteiger partial charge in [0.05, 0.1) is 10.5 Å². The Kier molecular flexibility index (Phi) is 4.99. The molecule has 0 atom stereocenters. The van der Waals surface area contributed by atoms with Crippen LogP contribution in [-0.4, -0.2) is 16.2 Å². The molecule has 0 saturated carbocycles. The first kappa shape index (κ1) is 16.7. The van der Waals surface area contributed by atoms with Gasteiger partial charge in [0.25, 0.3) is 5.91 Å². The Hall–Kier alpha value is -2.15. The number of nitrogens with one attached hydrogen (secondary N) is 1. The SMILES string of the molecule is O=C1NC(=S)S/C1=C\c1ccc(OC(=O)c2cccc(Cl)c2)cc1. The third kappa shape index (κ3) is 4.03. The number of amides is 1. The first-order chi connectivity index (χ1) is 11.5. The van der Waals surface area contributed by atoms with E-state index in [1.165, 1.54) is 11.8 Å². The number of hydrogen-bond donors (Lipinski definition) is 1. The van der Waals surface area contributed by atoms with Crippen LogP contribution in [0.4, 0.5) is 0 Å². The van der Waals surface area contributed by atoms with Crippen LogP contribution < -0.4 is 10.1 Å². The van der Waals surface area contributed by atoms with E-state index in [9.17, 15) is 9.59 Å². The average molecular weight is 376 g/mol. The van der Waals surface area contributed by atoms with Gasteiger partial charge in [-0.3, -0.25) is 4.79 Å². The number of thioether (sulfide) groups is 1. The van der Waals surface area contributed by atoms with E-state index in [2.05, 4.69) is 5.32 Å². The van der Waals surface area contributed by atoms with Crippen molar-refractivity contribution in [3.8, 4) is 5.75 Å². The van der Waals surface area contributed by atoms with Gasteiger partial charge in [-0.25, -0.2) is 4.79 Å². The van der Waals surface area contributed by atoms with Gasteiger partial charge < -0.3 is 10.1 Å². The van der Waals surface area contributed by atoms with Crippen LogP contribution in [0.1, 0.15) is 15.9 Å². The number of esters is 1. The van der Waals surface area contributed by atoms with Gasteiger partial charge in [0, 0.05) is 5.02 Å². The highest BCUT2D eigenvalue weighted by molar-refractivity contribution is 8.26. The van der Waals surface area contributed by atoms with Gasteiger partial charge in [-0.1, -0.05) is 53.8 Å². The van der Waals surface area contributed by atoms with Crippen LogP contribution in [0.25, 0.3) is 6.08 Å². The van der Waals surface area contributed by atoms with Crippen molar-refractivity contribution in [3.05, 3.63) is 69.6 Å². The lowest BCUT2D eigenvalue weighted by Gasteiger charge is -2.05. The molecule has 24 heavy (non-hydrogen) atoms. The second-order valence-corrected chi connectivity index (χ2v) is 6.98. The van der Waals surface area contributed by atoms with Crippen molar-refractivity contribution in [3.63, 3.8) is 0 Å². The molecule has 7 heteroatoms. The van der Waals surface area contributed by atoms with E-state index < -0.39 is 5.97 Å². The van der Waals surface area contributed by atoms with Crippen LogP contribution in [-0.2, 0) is 4.79 Å². The zero-order chi connectivity index (χ0) is 17.1. The van der Waals surface area contributed by atoms with Gasteiger partial charge in [0.15, 0.2) is 0 Å². The Morgan fingerprint density at radius 1 is 1.21 bits per heavy atom. The molecule has 0 spiro atoms. The fourth-order valence-corrected chi connectivity index (χ4v) is 3.22. The van der Waals surface area contributed by atoms with Crippen molar-refractivity contribution >= 4 is 57.9 Å². The zero-order valence-corrected chi connectivity index (χ0v) is 14.5. The zero-order valence-electron chi connectivity index (χ0n) is 12.1. The Bertz CT molecular complexity index is 862. The predicted molar refractivity (Wildman–Crippen MR) is 99.2 cm³/mol. The van der Waals surface area contributed by atoms with Crippen LogP contribution in [0.15, 0.2) is 53.4 Å². The molecule has 2 aromatic rings. The monoisotopic (exact) mass is 375 g/mol. The number of halogens is 1. The van der Waals surface area contributed by atoms with Crippen molar-refractivity contribution in [2.24, 2.45) is 0 Å². The minimum Gasteiger partial charge on any atom is -0.423 e. The molecule has 1 fully saturated rings. The maximum atomic E-state index is 12.0. The van der Waals surface area contributed by atoms with Crippen LogP contribution in [0.2, 0.25) is 5.02 Å². The summed E-state index contributed by atoms with van der Waals surface area (Å²) in [7, 11) is 0. The molecule has 1 amide bonds. The second kappa shape index (κ2) is 7.17. The molecule has 120 valence electrons. The van der Waals surface area contributed by atoms with E-state index in [0.29, 0.717) is 25.6 Å². The molecule has 0 unspecified atom stereocenters. The van der Waals surface area contributed by atoms with Crippen LogP contribution in [0, 0.1) is 0 Å². The lowest BCUT2D eigenvalue weighted by Crippen LogP contribution is -2.17. The number of thiocarbonyl (C=S) groups is 1.